The maximum atomic E-state index is 11.1. The molecule has 2 heteroatoms. The Hall–Kier alpha value is -0.860. The molecule has 1 aliphatic heterocycles. The second-order valence-corrected chi connectivity index (χ2v) is 6.14. The molecule has 0 bridgehead atoms. The summed E-state index contributed by atoms with van der Waals surface area (Å²) in [5.74, 6) is 0.264. The Bertz CT molecular complexity index is 443. The molecule has 0 amide bonds. The molecule has 1 aromatic rings. The van der Waals surface area contributed by atoms with Gasteiger partial charge in [-0.05, 0) is 45.4 Å². The minimum Gasteiger partial charge on any atom is -0.385 e. The van der Waals surface area contributed by atoms with Crippen LogP contribution < -0.4 is 0 Å². The monoisotopic (exact) mass is 247 g/mol. The molecule has 2 nitrogen and oxygen atoms in total. The number of hydrogen-bond donors (Lipinski definition) is 1. The van der Waals surface area contributed by atoms with Crippen molar-refractivity contribution in [3.63, 3.8) is 0 Å². The Morgan fingerprint density at radius 2 is 1.94 bits per heavy atom. The highest BCUT2D eigenvalue weighted by Crippen LogP contribution is 2.40. The van der Waals surface area contributed by atoms with E-state index in [4.69, 9.17) is 0 Å². The van der Waals surface area contributed by atoms with Crippen molar-refractivity contribution in [2.24, 2.45) is 5.92 Å². The molecule has 0 unspecified atom stereocenters. The molecule has 0 radical (unpaired) electrons. The summed E-state index contributed by atoms with van der Waals surface area (Å²) in [6, 6.07) is 6.81. The first-order valence-corrected chi connectivity index (χ1v) is 6.85. The van der Waals surface area contributed by atoms with Gasteiger partial charge in [-0.15, -0.1) is 0 Å². The molecule has 1 saturated heterocycles. The van der Waals surface area contributed by atoms with Gasteiger partial charge in [0.25, 0.3) is 0 Å². The van der Waals surface area contributed by atoms with E-state index in [1.165, 1.54) is 11.1 Å². The quantitative estimate of drug-likeness (QED) is 0.825. The zero-order chi connectivity index (χ0) is 13.5. The fourth-order valence-electron chi connectivity index (χ4n) is 3.25. The van der Waals surface area contributed by atoms with Crippen molar-refractivity contribution in [3.05, 3.63) is 34.9 Å². The highest BCUT2D eigenvalue weighted by atomic mass is 16.3. The first-order chi connectivity index (χ1) is 8.34. The largest absolute Gasteiger partial charge is 0.385 e. The third-order valence-corrected chi connectivity index (χ3v) is 4.58. The van der Waals surface area contributed by atoms with Gasteiger partial charge in [0.2, 0.25) is 0 Å². The maximum Gasteiger partial charge on any atom is 0.0951 e. The van der Waals surface area contributed by atoms with E-state index in [2.05, 4.69) is 57.8 Å². The van der Waals surface area contributed by atoms with E-state index in [1.54, 1.807) is 0 Å². The van der Waals surface area contributed by atoms with Crippen LogP contribution in [0.4, 0.5) is 0 Å². The van der Waals surface area contributed by atoms with E-state index in [-0.39, 0.29) is 5.92 Å². The van der Waals surface area contributed by atoms with Crippen LogP contribution >= 0.6 is 0 Å². The predicted octanol–water partition coefficient (Wildman–Crippen LogP) is 2.85. The van der Waals surface area contributed by atoms with Gasteiger partial charge in [-0.25, -0.2) is 0 Å². The number of likely N-dealkylation sites (tertiary alicyclic amines) is 1. The number of aryl methyl sites for hydroxylation is 2. The van der Waals surface area contributed by atoms with E-state index >= 15 is 0 Å². The normalized spacial score (nSPS) is 33.7. The zero-order valence-electron chi connectivity index (χ0n) is 12.2. The smallest absolute Gasteiger partial charge is 0.0951 e. The van der Waals surface area contributed by atoms with Crippen LogP contribution in [0.1, 0.15) is 37.0 Å². The second kappa shape index (κ2) is 4.67. The van der Waals surface area contributed by atoms with Crippen molar-refractivity contribution in [2.45, 2.75) is 45.8 Å². The van der Waals surface area contributed by atoms with Gasteiger partial charge < -0.3 is 10.0 Å². The summed E-state index contributed by atoms with van der Waals surface area (Å²) < 4.78 is 0. The van der Waals surface area contributed by atoms with Crippen molar-refractivity contribution < 1.29 is 5.11 Å². The summed E-state index contributed by atoms with van der Waals surface area (Å²) in [6.07, 6.45) is 0.814. The van der Waals surface area contributed by atoms with E-state index in [0.717, 1.165) is 18.5 Å². The van der Waals surface area contributed by atoms with Crippen LogP contribution in [0.25, 0.3) is 0 Å². The first-order valence-electron chi connectivity index (χ1n) is 6.85. The lowest BCUT2D eigenvalue weighted by atomic mass is 9.73. The van der Waals surface area contributed by atoms with E-state index in [9.17, 15) is 5.11 Å². The third kappa shape index (κ3) is 2.19. The topological polar surface area (TPSA) is 23.5 Å². The summed E-state index contributed by atoms with van der Waals surface area (Å²) >= 11 is 0. The van der Waals surface area contributed by atoms with Gasteiger partial charge in [-0.3, -0.25) is 0 Å². The van der Waals surface area contributed by atoms with Crippen molar-refractivity contribution in [1.29, 1.82) is 0 Å². The standard InChI is InChI=1S/C16H25NO/c1-11-6-7-15(12(2)8-11)16(18)9-14(4)17(5)10-13(16)3/h6-8,13-14,18H,9-10H2,1-5H3/t13-,14+,16+/m0/s1. The average molecular weight is 247 g/mol. The molecule has 1 heterocycles. The van der Waals surface area contributed by atoms with Gasteiger partial charge in [-0.1, -0.05) is 30.7 Å². The van der Waals surface area contributed by atoms with E-state index in [0.29, 0.717) is 6.04 Å². The van der Waals surface area contributed by atoms with Crippen LogP contribution in [0, 0.1) is 19.8 Å². The van der Waals surface area contributed by atoms with Crippen LogP contribution in [0.15, 0.2) is 18.2 Å². The Labute approximate surface area is 111 Å². The Balaban J connectivity index is 2.40. The van der Waals surface area contributed by atoms with Crippen LogP contribution in [0.2, 0.25) is 0 Å². The van der Waals surface area contributed by atoms with E-state index < -0.39 is 5.60 Å². The lowest BCUT2D eigenvalue weighted by Crippen LogP contribution is -2.51. The predicted molar refractivity (Wildman–Crippen MR) is 75.7 cm³/mol. The highest BCUT2D eigenvalue weighted by Gasteiger charge is 2.42. The number of piperidine rings is 1. The Kier molecular flexibility index (Phi) is 3.52. The molecular weight excluding hydrogens is 222 g/mol. The van der Waals surface area contributed by atoms with E-state index in [1.807, 2.05) is 0 Å². The van der Waals surface area contributed by atoms with Crippen LogP contribution in [0.3, 0.4) is 0 Å². The lowest BCUT2D eigenvalue weighted by molar-refractivity contribution is -0.0847. The zero-order valence-corrected chi connectivity index (χ0v) is 12.2. The van der Waals surface area contributed by atoms with Gasteiger partial charge in [-0.2, -0.15) is 0 Å². The number of hydrogen-bond acceptors (Lipinski definition) is 2. The SMILES string of the molecule is Cc1ccc([C@@]2(O)C[C@@H](C)N(C)C[C@@H]2C)c(C)c1. The minimum absolute atomic E-state index is 0.264. The van der Waals surface area contributed by atoms with Crippen molar-refractivity contribution in [2.75, 3.05) is 13.6 Å². The molecule has 18 heavy (non-hydrogen) atoms. The second-order valence-electron chi connectivity index (χ2n) is 6.14. The number of aliphatic hydroxyl groups is 1. The Morgan fingerprint density at radius 3 is 2.56 bits per heavy atom. The Morgan fingerprint density at radius 1 is 1.28 bits per heavy atom. The fraction of sp³-hybridized carbons (Fsp3) is 0.625. The summed E-state index contributed by atoms with van der Waals surface area (Å²) in [5, 5.41) is 11.1. The molecule has 0 aromatic heterocycles. The number of benzene rings is 1. The number of nitrogens with zero attached hydrogens (tertiary/aromatic N) is 1. The third-order valence-electron chi connectivity index (χ3n) is 4.58. The molecule has 100 valence electrons. The van der Waals surface area contributed by atoms with Crippen molar-refractivity contribution >= 4 is 0 Å². The maximum absolute atomic E-state index is 11.1. The minimum atomic E-state index is -0.677. The van der Waals surface area contributed by atoms with Crippen molar-refractivity contribution in [1.82, 2.24) is 4.90 Å². The van der Waals surface area contributed by atoms with Gasteiger partial charge in [0.15, 0.2) is 0 Å². The molecule has 1 aliphatic rings. The summed E-state index contributed by atoms with van der Waals surface area (Å²) in [6.45, 7) is 9.50. The molecule has 0 aliphatic carbocycles. The molecule has 0 saturated carbocycles. The van der Waals surface area contributed by atoms with Gasteiger partial charge >= 0.3 is 0 Å². The molecule has 1 fully saturated rings. The molecular formula is C16H25NO. The molecule has 1 N–H and O–H groups in total. The van der Waals surface area contributed by atoms with Crippen molar-refractivity contribution in [3.8, 4) is 0 Å². The molecule has 3 atom stereocenters. The summed E-state index contributed by atoms with van der Waals surface area (Å²) in [7, 11) is 2.14. The number of rotatable bonds is 1. The van der Waals surface area contributed by atoms with Gasteiger partial charge in [0, 0.05) is 18.5 Å². The van der Waals surface area contributed by atoms with Crippen LogP contribution in [0.5, 0.6) is 0 Å². The van der Waals surface area contributed by atoms with Crippen LogP contribution in [-0.2, 0) is 5.60 Å². The fourth-order valence-corrected chi connectivity index (χ4v) is 3.25. The summed E-state index contributed by atoms with van der Waals surface area (Å²) in [4.78, 5) is 2.34. The lowest BCUT2D eigenvalue weighted by Gasteiger charge is -2.46. The van der Waals surface area contributed by atoms with Gasteiger partial charge in [0.1, 0.15) is 0 Å². The highest BCUT2D eigenvalue weighted by molar-refractivity contribution is 5.36. The summed E-state index contributed by atoms with van der Waals surface area (Å²) in [5.41, 5.74) is 2.90. The first kappa shape index (κ1) is 13.6. The molecule has 1 aromatic carbocycles. The molecule has 2 rings (SSSR count). The van der Waals surface area contributed by atoms with Crippen LogP contribution in [-0.4, -0.2) is 29.6 Å². The molecule has 0 spiro atoms. The average Bonchev–Trinajstić information content (AvgIpc) is 2.26. The van der Waals surface area contributed by atoms with Gasteiger partial charge in [0.05, 0.1) is 5.60 Å².